The number of allylic oxidation sites excluding steroid dienone is 4. The largest absolute Gasteiger partial charge is 0.462 e. The molecule has 0 atom stereocenters. The van der Waals surface area contributed by atoms with Gasteiger partial charge in [0.15, 0.2) is 0 Å². The van der Waals surface area contributed by atoms with Crippen molar-refractivity contribution in [2.24, 2.45) is 0 Å². The first-order chi connectivity index (χ1) is 30.7. The summed E-state index contributed by atoms with van der Waals surface area (Å²) >= 11 is 1.42. The molecule has 0 radical (unpaired) electrons. The van der Waals surface area contributed by atoms with Crippen molar-refractivity contribution in [1.82, 2.24) is 15.1 Å². The lowest BCUT2D eigenvalue weighted by atomic mass is 10.0. The molecule has 0 unspecified atom stereocenters. The number of nitrogens with zero attached hydrogens (tertiary/aromatic N) is 2. The molecule has 10 heteroatoms. The van der Waals surface area contributed by atoms with Crippen molar-refractivity contribution in [3.63, 3.8) is 0 Å². The van der Waals surface area contributed by atoms with Crippen LogP contribution in [0.15, 0.2) is 24.3 Å². The number of ether oxygens (including phenoxy) is 1. The number of hydrogen-bond acceptors (Lipinski definition) is 7. The van der Waals surface area contributed by atoms with E-state index in [1.54, 1.807) is 0 Å². The van der Waals surface area contributed by atoms with E-state index >= 15 is 0 Å². The number of carbonyl (C=O) groups is 4. The molecule has 1 aliphatic heterocycles. The summed E-state index contributed by atoms with van der Waals surface area (Å²) in [5.41, 5.74) is 1.48. The molecule has 0 aromatic carbocycles. The second-order valence-electron chi connectivity index (χ2n) is 18.3. The first kappa shape index (κ1) is 56.2. The van der Waals surface area contributed by atoms with E-state index in [0.717, 1.165) is 68.2 Å². The van der Waals surface area contributed by atoms with Crippen LogP contribution in [0.3, 0.4) is 0 Å². The molecule has 3 amide bonds. The van der Waals surface area contributed by atoms with Gasteiger partial charge < -0.3 is 25.2 Å². The number of anilines is 1. The summed E-state index contributed by atoms with van der Waals surface area (Å²) in [4.78, 5) is 58.1. The molecule has 2 heterocycles. The number of fused-ring (bicyclic) bond motifs is 1. The molecule has 0 saturated carbocycles. The van der Waals surface area contributed by atoms with Gasteiger partial charge in [0.2, 0.25) is 11.8 Å². The molecule has 0 spiro atoms. The molecule has 1 aromatic heterocycles. The zero-order chi connectivity index (χ0) is 45.8. The molecule has 63 heavy (non-hydrogen) atoms. The number of unbranched alkanes of at least 4 members (excludes halogenated alkanes) is 19. The Balaban J connectivity index is 1.84. The van der Waals surface area contributed by atoms with Crippen molar-refractivity contribution in [3.05, 3.63) is 40.3 Å². The summed E-state index contributed by atoms with van der Waals surface area (Å²) in [5, 5.41) is 6.67. The zero-order valence-electron chi connectivity index (χ0n) is 41.0. The smallest absolute Gasteiger partial charge is 0.306 e. The van der Waals surface area contributed by atoms with E-state index < -0.39 is 0 Å². The predicted octanol–water partition coefficient (Wildman–Crippen LogP) is 13.6. The Hall–Kier alpha value is -2.98. The van der Waals surface area contributed by atoms with Gasteiger partial charge in [-0.05, 0) is 103 Å². The average Bonchev–Trinajstić information content (AvgIpc) is 3.62. The topological polar surface area (TPSA) is 108 Å². The van der Waals surface area contributed by atoms with Crippen LogP contribution in [0.1, 0.15) is 234 Å². The van der Waals surface area contributed by atoms with Gasteiger partial charge >= 0.3 is 5.97 Å². The van der Waals surface area contributed by atoms with E-state index in [1.165, 1.54) is 114 Å². The van der Waals surface area contributed by atoms with Crippen LogP contribution < -0.4 is 10.6 Å². The number of likely N-dealkylation sites (N-methyl/N-ethyl adjacent to an activating group) is 1. The maximum absolute atomic E-state index is 13.6. The van der Waals surface area contributed by atoms with Crippen LogP contribution in [0.4, 0.5) is 5.00 Å². The first-order valence-corrected chi connectivity index (χ1v) is 26.7. The van der Waals surface area contributed by atoms with E-state index in [-0.39, 0.29) is 36.2 Å². The summed E-state index contributed by atoms with van der Waals surface area (Å²) in [6.07, 6.45) is 41.3. The quantitative estimate of drug-likeness (QED) is 0.0387. The van der Waals surface area contributed by atoms with Gasteiger partial charge in [0.05, 0.1) is 12.1 Å². The Bertz CT molecular complexity index is 1420. The lowest BCUT2D eigenvalue weighted by Crippen LogP contribution is -2.36. The van der Waals surface area contributed by atoms with E-state index in [1.807, 2.05) is 23.9 Å². The lowest BCUT2D eigenvalue weighted by Gasteiger charge is -2.27. The van der Waals surface area contributed by atoms with E-state index in [9.17, 15) is 19.2 Å². The molecule has 2 rings (SSSR count). The lowest BCUT2D eigenvalue weighted by molar-refractivity contribution is -0.150. The minimum Gasteiger partial charge on any atom is -0.462 e. The molecule has 0 fully saturated rings. The summed E-state index contributed by atoms with van der Waals surface area (Å²) in [5.74, 6) is -0.345. The Kier molecular flexibility index (Phi) is 33.2. The monoisotopic (exact) mass is 897 g/mol. The molecule has 0 bridgehead atoms. The van der Waals surface area contributed by atoms with E-state index in [2.05, 4.69) is 55.7 Å². The minimum atomic E-state index is -0.186. The summed E-state index contributed by atoms with van der Waals surface area (Å²) in [7, 11) is 3.94. The Morgan fingerprint density at radius 1 is 0.683 bits per heavy atom. The number of thiophene rings is 1. The Morgan fingerprint density at radius 3 is 1.86 bits per heavy atom. The van der Waals surface area contributed by atoms with Gasteiger partial charge in [0.1, 0.15) is 11.1 Å². The van der Waals surface area contributed by atoms with Gasteiger partial charge in [-0.3, -0.25) is 19.2 Å². The van der Waals surface area contributed by atoms with Gasteiger partial charge in [-0.1, -0.05) is 141 Å². The average molecular weight is 897 g/mol. The van der Waals surface area contributed by atoms with Gasteiger partial charge in [0, 0.05) is 43.8 Å². The van der Waals surface area contributed by atoms with Gasteiger partial charge in [-0.2, -0.15) is 0 Å². The number of carbonyl (C=O) groups excluding carboxylic acids is 4. The molecular formula is C53H92N4O5S. The van der Waals surface area contributed by atoms with Crippen LogP contribution in [0.2, 0.25) is 0 Å². The third-order valence-electron chi connectivity index (χ3n) is 12.2. The van der Waals surface area contributed by atoms with Crippen molar-refractivity contribution >= 4 is 40.0 Å². The van der Waals surface area contributed by atoms with Crippen molar-refractivity contribution in [1.29, 1.82) is 0 Å². The number of hydrogen-bond donors (Lipinski definition) is 2. The number of nitrogens with one attached hydrogen (secondary N) is 2. The standard InChI is InChI=1S/C53H92N4O5S/c1-6-9-12-15-18-19-20-21-22-23-24-25-26-29-32-38-49(59)57-42-40-46-47(44-57)63-53(51(46)52(61)54-41-43-56(4)5)55-48(58)37-33-34-39-50(60)62-45(35-30-27-16-13-10-7-2)36-31-28-17-14-11-8-3/h18-19,21-22,45H,6-17,20,23-44H2,1-5H3,(H,54,61)(H,55,58)/b19-18-,22-21-. The highest BCUT2D eigenvalue weighted by Gasteiger charge is 2.30. The van der Waals surface area contributed by atoms with E-state index in [4.69, 9.17) is 4.74 Å². The normalized spacial score (nSPS) is 12.8. The number of esters is 1. The molecular weight excluding hydrogens is 805 g/mol. The predicted molar refractivity (Wildman–Crippen MR) is 267 cm³/mol. The Morgan fingerprint density at radius 2 is 1.22 bits per heavy atom. The first-order valence-electron chi connectivity index (χ1n) is 25.8. The fourth-order valence-corrected chi connectivity index (χ4v) is 9.50. The van der Waals surface area contributed by atoms with Crippen molar-refractivity contribution in [2.45, 2.75) is 232 Å². The number of rotatable bonds is 39. The summed E-state index contributed by atoms with van der Waals surface area (Å²) in [6, 6.07) is 0. The summed E-state index contributed by atoms with van der Waals surface area (Å²) in [6.45, 7) is 8.96. The van der Waals surface area contributed by atoms with Crippen molar-refractivity contribution in [3.8, 4) is 0 Å². The van der Waals surface area contributed by atoms with Crippen LogP contribution in [0.25, 0.3) is 0 Å². The van der Waals surface area contributed by atoms with Crippen LogP contribution in [0, 0.1) is 0 Å². The third kappa shape index (κ3) is 27.2. The SMILES string of the molecule is CCCCC/C=C\C/C=C\CCCCCCCC(=O)N1CCc2c(sc(NC(=O)CCCCC(=O)OC(CCCCCCCC)CCCCCCCC)c2C(=O)NCCN(C)C)C1. The van der Waals surface area contributed by atoms with Crippen LogP contribution in [-0.2, 0) is 32.1 Å². The molecule has 2 N–H and O–H groups in total. The molecule has 360 valence electrons. The molecule has 9 nitrogen and oxygen atoms in total. The fourth-order valence-electron chi connectivity index (χ4n) is 8.23. The summed E-state index contributed by atoms with van der Waals surface area (Å²) < 4.78 is 6.02. The zero-order valence-corrected chi connectivity index (χ0v) is 41.8. The highest BCUT2D eigenvalue weighted by atomic mass is 32.1. The van der Waals surface area contributed by atoms with Crippen molar-refractivity contribution < 1.29 is 23.9 Å². The Labute approximate surface area is 389 Å². The van der Waals surface area contributed by atoms with Crippen LogP contribution in [-0.4, -0.2) is 73.3 Å². The highest BCUT2D eigenvalue weighted by Crippen LogP contribution is 2.37. The molecule has 1 aromatic rings. The second kappa shape index (κ2) is 37.3. The molecule has 1 aliphatic rings. The third-order valence-corrected chi connectivity index (χ3v) is 13.3. The molecule has 0 aliphatic carbocycles. The maximum atomic E-state index is 13.6. The van der Waals surface area contributed by atoms with E-state index in [0.29, 0.717) is 68.8 Å². The number of amides is 3. The van der Waals surface area contributed by atoms with Crippen molar-refractivity contribution in [2.75, 3.05) is 39.0 Å². The van der Waals surface area contributed by atoms with Gasteiger partial charge in [-0.15, -0.1) is 11.3 Å². The van der Waals surface area contributed by atoms with Crippen LogP contribution >= 0.6 is 11.3 Å². The highest BCUT2D eigenvalue weighted by molar-refractivity contribution is 7.17. The molecule has 0 saturated heterocycles. The minimum absolute atomic E-state index is 0.0121. The maximum Gasteiger partial charge on any atom is 0.306 e. The second-order valence-corrected chi connectivity index (χ2v) is 19.4. The van der Waals surface area contributed by atoms with Crippen LogP contribution in [0.5, 0.6) is 0 Å². The van der Waals surface area contributed by atoms with Gasteiger partial charge in [-0.25, -0.2) is 0 Å². The van der Waals surface area contributed by atoms with Gasteiger partial charge in [0.25, 0.3) is 5.91 Å². The fraction of sp³-hybridized carbons (Fsp3) is 0.774.